The lowest BCUT2D eigenvalue weighted by Gasteiger charge is -1.98. The number of anilines is 1. The maximum Gasteiger partial charge on any atom is 0.360 e. The lowest BCUT2D eigenvalue weighted by molar-refractivity contribution is -0.130. The fourth-order valence-electron chi connectivity index (χ4n) is 0.948. The number of aromatic nitrogens is 1. The summed E-state index contributed by atoms with van der Waals surface area (Å²) in [5.74, 6) is -2.94. The average molecular weight is 321 g/mol. The number of hydrogen-bond acceptors (Lipinski definition) is 7. The maximum absolute atomic E-state index is 11.0. The molecular weight excluding hydrogens is 312 g/mol. The molecule has 0 atom stereocenters. The van der Waals surface area contributed by atoms with E-state index in [1.54, 1.807) is 0 Å². The van der Waals surface area contributed by atoms with Crippen LogP contribution >= 0.6 is 22.9 Å². The van der Waals surface area contributed by atoms with E-state index in [1.165, 1.54) is 5.38 Å². The molecule has 1 aromatic heterocycles. The van der Waals surface area contributed by atoms with Crippen molar-refractivity contribution in [2.45, 2.75) is 0 Å². The predicted molar refractivity (Wildman–Crippen MR) is 70.8 cm³/mol. The average Bonchev–Trinajstić information content (AvgIpc) is 2.81. The van der Waals surface area contributed by atoms with Crippen LogP contribution < -0.4 is 11.1 Å². The SMILES string of the molecule is NC(=O)CO/N=C(\C(=O)O)c1csc(NC(=O)CCl)n1. The number of rotatable bonds is 7. The van der Waals surface area contributed by atoms with Crippen molar-refractivity contribution in [1.82, 2.24) is 4.98 Å². The molecule has 0 aromatic carbocycles. The first-order chi connectivity index (χ1) is 9.43. The van der Waals surface area contributed by atoms with Crippen LogP contribution in [0.4, 0.5) is 5.13 Å². The quantitative estimate of drug-likeness (QED) is 0.354. The molecule has 0 aliphatic rings. The minimum atomic E-state index is -1.41. The number of oxime groups is 1. The molecule has 0 aliphatic heterocycles. The minimum Gasteiger partial charge on any atom is -0.476 e. The summed E-state index contributed by atoms with van der Waals surface area (Å²) in [6, 6.07) is 0. The van der Waals surface area contributed by atoms with Crippen molar-refractivity contribution in [3.05, 3.63) is 11.1 Å². The number of alkyl halides is 1. The summed E-state index contributed by atoms with van der Waals surface area (Å²) in [7, 11) is 0. The molecule has 0 bridgehead atoms. The number of carboxylic acids is 1. The van der Waals surface area contributed by atoms with Crippen molar-refractivity contribution in [1.29, 1.82) is 0 Å². The third-order valence-corrected chi connectivity index (χ3v) is 2.68. The number of aliphatic carboxylic acids is 1. The van der Waals surface area contributed by atoms with Crippen LogP contribution in [-0.4, -0.2) is 46.1 Å². The number of primary amides is 1. The molecule has 0 aliphatic carbocycles. The van der Waals surface area contributed by atoms with E-state index in [4.69, 9.17) is 22.4 Å². The largest absolute Gasteiger partial charge is 0.476 e. The molecule has 0 radical (unpaired) electrons. The zero-order chi connectivity index (χ0) is 15.1. The van der Waals surface area contributed by atoms with Gasteiger partial charge in [0.05, 0.1) is 0 Å². The molecule has 0 saturated carbocycles. The molecule has 1 heterocycles. The number of nitrogens with one attached hydrogen (secondary N) is 1. The van der Waals surface area contributed by atoms with Crippen molar-refractivity contribution in [2.24, 2.45) is 10.9 Å². The molecule has 4 N–H and O–H groups in total. The molecule has 0 unspecified atom stereocenters. The Balaban J connectivity index is 2.85. The summed E-state index contributed by atoms with van der Waals surface area (Å²) in [5, 5.41) is 16.1. The summed E-state index contributed by atoms with van der Waals surface area (Å²) >= 11 is 6.29. The Morgan fingerprint density at radius 3 is 2.80 bits per heavy atom. The number of amides is 2. The van der Waals surface area contributed by atoms with Crippen molar-refractivity contribution in [2.75, 3.05) is 17.8 Å². The van der Waals surface area contributed by atoms with Crippen LogP contribution in [0.15, 0.2) is 10.5 Å². The Kier molecular flexibility index (Phi) is 5.87. The predicted octanol–water partition coefficient (Wildman–Crippen LogP) is -0.389. The molecule has 108 valence electrons. The monoisotopic (exact) mass is 320 g/mol. The van der Waals surface area contributed by atoms with Gasteiger partial charge in [-0.15, -0.1) is 22.9 Å². The second-order valence-corrected chi connectivity index (χ2v) is 4.33. The van der Waals surface area contributed by atoms with Crippen LogP contribution in [-0.2, 0) is 19.2 Å². The Morgan fingerprint density at radius 2 is 2.25 bits per heavy atom. The summed E-state index contributed by atoms with van der Waals surface area (Å²) < 4.78 is 0. The lowest BCUT2D eigenvalue weighted by atomic mass is 10.3. The van der Waals surface area contributed by atoms with Gasteiger partial charge in [-0.2, -0.15) is 0 Å². The van der Waals surface area contributed by atoms with Crippen molar-refractivity contribution in [3.63, 3.8) is 0 Å². The molecule has 20 heavy (non-hydrogen) atoms. The number of thiazole rings is 1. The van der Waals surface area contributed by atoms with Crippen LogP contribution in [0.25, 0.3) is 0 Å². The van der Waals surface area contributed by atoms with E-state index in [0.717, 1.165) is 11.3 Å². The second kappa shape index (κ2) is 7.40. The first-order valence-electron chi connectivity index (χ1n) is 4.97. The standard InChI is InChI=1S/C9H9ClN4O5S/c10-1-6(16)13-9-12-4(3-20-9)7(8(17)18)14-19-2-5(11)15/h3H,1-2H2,(H2,11,15)(H,17,18)(H,12,13,16)/b14-7-. The van der Waals surface area contributed by atoms with Gasteiger partial charge in [0.2, 0.25) is 11.6 Å². The highest BCUT2D eigenvalue weighted by Gasteiger charge is 2.18. The second-order valence-electron chi connectivity index (χ2n) is 3.20. The van der Waals surface area contributed by atoms with Crippen molar-refractivity contribution in [3.8, 4) is 0 Å². The lowest BCUT2D eigenvalue weighted by Crippen LogP contribution is -2.20. The van der Waals surface area contributed by atoms with Gasteiger partial charge in [-0.25, -0.2) is 9.78 Å². The molecule has 1 aromatic rings. The van der Waals surface area contributed by atoms with E-state index in [1.807, 2.05) is 0 Å². The fourth-order valence-corrected chi connectivity index (χ4v) is 1.73. The van der Waals surface area contributed by atoms with E-state index in [0.29, 0.717) is 0 Å². The topological polar surface area (TPSA) is 144 Å². The molecule has 1 rings (SSSR count). The Bertz CT molecular complexity index is 558. The Morgan fingerprint density at radius 1 is 1.55 bits per heavy atom. The number of nitrogens with zero attached hydrogens (tertiary/aromatic N) is 2. The summed E-state index contributed by atoms with van der Waals surface area (Å²) in [6.07, 6.45) is 0. The number of carbonyl (C=O) groups is 3. The van der Waals surface area contributed by atoms with Gasteiger partial charge in [0.25, 0.3) is 5.91 Å². The Hall–Kier alpha value is -2.20. The highest BCUT2D eigenvalue weighted by Crippen LogP contribution is 2.16. The van der Waals surface area contributed by atoms with E-state index in [9.17, 15) is 14.4 Å². The van der Waals surface area contributed by atoms with Crippen LogP contribution in [0.3, 0.4) is 0 Å². The van der Waals surface area contributed by atoms with Gasteiger partial charge in [-0.3, -0.25) is 9.59 Å². The molecule has 0 spiro atoms. The van der Waals surface area contributed by atoms with Gasteiger partial charge in [-0.05, 0) is 0 Å². The molecule has 11 heteroatoms. The molecule has 9 nitrogen and oxygen atoms in total. The molecular formula is C9H9ClN4O5S. The van der Waals surface area contributed by atoms with E-state index < -0.39 is 30.1 Å². The van der Waals surface area contributed by atoms with E-state index in [2.05, 4.69) is 20.3 Å². The molecule has 0 fully saturated rings. The zero-order valence-electron chi connectivity index (χ0n) is 9.83. The summed E-state index contributed by atoms with van der Waals surface area (Å²) in [6.45, 7) is -0.559. The van der Waals surface area contributed by atoms with E-state index in [-0.39, 0.29) is 16.7 Å². The minimum absolute atomic E-state index is 0.0307. The maximum atomic E-state index is 11.0. The number of carboxylic acid groups (broad SMARTS) is 1. The smallest absolute Gasteiger partial charge is 0.360 e. The first-order valence-corrected chi connectivity index (χ1v) is 6.38. The summed E-state index contributed by atoms with van der Waals surface area (Å²) in [4.78, 5) is 40.8. The first kappa shape index (κ1) is 15.9. The van der Waals surface area contributed by atoms with Gasteiger partial charge < -0.3 is 21.0 Å². The Labute approximate surface area is 121 Å². The van der Waals surface area contributed by atoms with Gasteiger partial charge in [0, 0.05) is 5.38 Å². The van der Waals surface area contributed by atoms with Crippen LogP contribution in [0.5, 0.6) is 0 Å². The number of carbonyl (C=O) groups excluding carboxylic acids is 2. The van der Waals surface area contributed by atoms with Crippen LogP contribution in [0.2, 0.25) is 0 Å². The van der Waals surface area contributed by atoms with Gasteiger partial charge in [-0.1, -0.05) is 5.16 Å². The summed E-state index contributed by atoms with van der Waals surface area (Å²) in [5.41, 5.74) is 4.26. The zero-order valence-corrected chi connectivity index (χ0v) is 11.4. The van der Waals surface area contributed by atoms with Gasteiger partial charge >= 0.3 is 5.97 Å². The number of nitrogens with two attached hydrogens (primary N) is 1. The van der Waals surface area contributed by atoms with Crippen molar-refractivity contribution >= 4 is 51.6 Å². The molecule has 0 saturated heterocycles. The third-order valence-electron chi connectivity index (χ3n) is 1.68. The number of halogens is 1. The number of hydrogen-bond donors (Lipinski definition) is 3. The molecule has 2 amide bonds. The highest BCUT2D eigenvalue weighted by atomic mass is 35.5. The highest BCUT2D eigenvalue weighted by molar-refractivity contribution is 7.14. The fraction of sp³-hybridized carbons (Fsp3) is 0.222. The van der Waals surface area contributed by atoms with Crippen LogP contribution in [0, 0.1) is 0 Å². The van der Waals surface area contributed by atoms with Gasteiger partial charge in [0.1, 0.15) is 11.6 Å². The van der Waals surface area contributed by atoms with Gasteiger partial charge in [0.15, 0.2) is 11.7 Å². The van der Waals surface area contributed by atoms with Crippen LogP contribution in [0.1, 0.15) is 5.69 Å². The van der Waals surface area contributed by atoms with E-state index >= 15 is 0 Å². The third kappa shape index (κ3) is 4.82. The van der Waals surface area contributed by atoms with Crippen molar-refractivity contribution < 1.29 is 24.3 Å². The normalized spacial score (nSPS) is 10.9.